The molecule has 0 unspecified atom stereocenters. The lowest BCUT2D eigenvalue weighted by molar-refractivity contribution is 0.0642. The lowest BCUT2D eigenvalue weighted by atomic mass is 10.0. The van der Waals surface area contributed by atoms with Crippen molar-refractivity contribution in [1.82, 2.24) is 9.88 Å². The Morgan fingerprint density at radius 1 is 0.966 bits per heavy atom. The van der Waals surface area contributed by atoms with Crippen molar-refractivity contribution in [3.05, 3.63) is 94.3 Å². The van der Waals surface area contributed by atoms with Crippen LogP contribution in [-0.2, 0) is 6.54 Å². The number of hydrogen-bond acceptors (Lipinski definition) is 4. The number of hydrogen-bond donors (Lipinski definition) is 1. The van der Waals surface area contributed by atoms with E-state index < -0.39 is 5.91 Å². The number of benzene rings is 2. The lowest BCUT2D eigenvalue weighted by Gasteiger charge is -2.13. The van der Waals surface area contributed by atoms with E-state index in [9.17, 15) is 14.4 Å². The number of pyridine rings is 1. The molecular formula is C23H19N3O3. The zero-order chi connectivity index (χ0) is 20.5. The Morgan fingerprint density at radius 2 is 1.69 bits per heavy atom. The van der Waals surface area contributed by atoms with E-state index in [0.717, 1.165) is 22.4 Å². The van der Waals surface area contributed by atoms with E-state index in [1.54, 1.807) is 36.7 Å². The van der Waals surface area contributed by atoms with Gasteiger partial charge in [0.05, 0.1) is 17.7 Å². The number of imide groups is 1. The molecule has 0 fully saturated rings. The largest absolute Gasteiger partial charge is 0.322 e. The van der Waals surface area contributed by atoms with Gasteiger partial charge in [0.2, 0.25) is 0 Å². The van der Waals surface area contributed by atoms with Crippen molar-refractivity contribution >= 4 is 23.4 Å². The van der Waals surface area contributed by atoms with E-state index in [0.29, 0.717) is 11.1 Å². The lowest BCUT2D eigenvalue weighted by Crippen LogP contribution is -2.29. The van der Waals surface area contributed by atoms with E-state index in [4.69, 9.17) is 0 Å². The van der Waals surface area contributed by atoms with Gasteiger partial charge in [-0.2, -0.15) is 0 Å². The molecule has 0 spiro atoms. The fourth-order valence-corrected chi connectivity index (χ4v) is 3.33. The van der Waals surface area contributed by atoms with Crippen LogP contribution in [0.5, 0.6) is 0 Å². The van der Waals surface area contributed by atoms with Crippen molar-refractivity contribution in [2.45, 2.75) is 20.4 Å². The van der Waals surface area contributed by atoms with Crippen molar-refractivity contribution in [3.8, 4) is 0 Å². The molecule has 3 aromatic rings. The molecule has 0 radical (unpaired) electrons. The third-order valence-corrected chi connectivity index (χ3v) is 5.18. The number of carbonyl (C=O) groups is 3. The average Bonchev–Trinajstić information content (AvgIpc) is 2.96. The van der Waals surface area contributed by atoms with E-state index in [2.05, 4.69) is 10.3 Å². The van der Waals surface area contributed by atoms with Crippen molar-refractivity contribution in [2.75, 3.05) is 5.32 Å². The molecule has 2 heterocycles. The second kappa shape index (κ2) is 7.31. The molecule has 4 rings (SSSR count). The molecule has 1 aliphatic rings. The minimum absolute atomic E-state index is 0.166. The number of carbonyl (C=O) groups excluding carboxylic acids is 3. The molecule has 0 aliphatic carbocycles. The third-order valence-electron chi connectivity index (χ3n) is 5.18. The first-order valence-corrected chi connectivity index (χ1v) is 9.22. The predicted octanol–water partition coefficient (Wildman–Crippen LogP) is 3.75. The monoisotopic (exact) mass is 385 g/mol. The van der Waals surface area contributed by atoms with Crippen molar-refractivity contribution in [2.24, 2.45) is 0 Å². The molecule has 1 aromatic heterocycles. The Kier molecular flexibility index (Phi) is 4.68. The molecule has 6 heteroatoms. The Morgan fingerprint density at radius 3 is 2.45 bits per heavy atom. The Bertz CT molecular complexity index is 1140. The maximum absolute atomic E-state index is 12.8. The smallest absolute Gasteiger partial charge is 0.261 e. The first-order valence-electron chi connectivity index (χ1n) is 9.22. The third kappa shape index (κ3) is 3.40. The Hall–Kier alpha value is -3.80. The molecule has 0 atom stereocenters. The van der Waals surface area contributed by atoms with E-state index in [1.165, 1.54) is 11.0 Å². The standard InChI is InChI=1S/C23H19N3O3/c1-14-4-3-5-20(15(14)2)25-21(27)17-6-7-18-19(12-17)23(29)26(22(18)28)13-16-8-10-24-11-9-16/h3-12H,13H2,1-2H3,(H,25,27). The van der Waals surface area contributed by atoms with Crippen LogP contribution < -0.4 is 5.32 Å². The number of fused-ring (bicyclic) bond motifs is 1. The zero-order valence-corrected chi connectivity index (χ0v) is 16.1. The second-order valence-electron chi connectivity index (χ2n) is 7.01. The molecule has 1 aliphatic heterocycles. The fourth-order valence-electron chi connectivity index (χ4n) is 3.33. The summed E-state index contributed by atoms with van der Waals surface area (Å²) in [4.78, 5) is 43.3. The number of rotatable bonds is 4. The van der Waals surface area contributed by atoms with Gasteiger partial charge in [0, 0.05) is 23.6 Å². The van der Waals surface area contributed by atoms with E-state index in [-0.39, 0.29) is 23.9 Å². The van der Waals surface area contributed by atoms with Crippen LogP contribution in [0.2, 0.25) is 0 Å². The first-order chi connectivity index (χ1) is 14.0. The number of nitrogens with one attached hydrogen (secondary N) is 1. The molecule has 6 nitrogen and oxygen atoms in total. The molecule has 0 saturated heterocycles. The molecule has 2 aromatic carbocycles. The van der Waals surface area contributed by atoms with Gasteiger partial charge in [-0.3, -0.25) is 24.3 Å². The number of amides is 3. The van der Waals surface area contributed by atoms with Crippen LogP contribution in [0.15, 0.2) is 60.9 Å². The van der Waals surface area contributed by atoms with Crippen LogP contribution in [0.25, 0.3) is 0 Å². The van der Waals surface area contributed by atoms with E-state index >= 15 is 0 Å². The molecule has 0 saturated carbocycles. The highest BCUT2D eigenvalue weighted by atomic mass is 16.2. The van der Waals surface area contributed by atoms with Crippen LogP contribution in [0.4, 0.5) is 5.69 Å². The first kappa shape index (κ1) is 18.6. The maximum atomic E-state index is 12.8. The van der Waals surface area contributed by atoms with Crippen molar-refractivity contribution in [3.63, 3.8) is 0 Å². The highest BCUT2D eigenvalue weighted by molar-refractivity contribution is 6.22. The average molecular weight is 385 g/mol. The summed E-state index contributed by atoms with van der Waals surface area (Å²) in [5.74, 6) is -1.08. The predicted molar refractivity (Wildman–Crippen MR) is 109 cm³/mol. The quantitative estimate of drug-likeness (QED) is 0.694. The van der Waals surface area contributed by atoms with Gasteiger partial charge in [-0.1, -0.05) is 12.1 Å². The highest BCUT2D eigenvalue weighted by Crippen LogP contribution is 2.26. The molecule has 0 bridgehead atoms. The van der Waals surface area contributed by atoms with Crippen LogP contribution in [0, 0.1) is 13.8 Å². The van der Waals surface area contributed by atoms with Gasteiger partial charge in [0.1, 0.15) is 0 Å². The molecular weight excluding hydrogens is 366 g/mol. The number of aryl methyl sites for hydroxylation is 1. The minimum Gasteiger partial charge on any atom is -0.322 e. The number of nitrogens with zero attached hydrogens (tertiary/aromatic N) is 2. The summed E-state index contributed by atoms with van der Waals surface area (Å²) < 4.78 is 0. The second-order valence-corrected chi connectivity index (χ2v) is 7.01. The van der Waals surface area contributed by atoms with Crippen molar-refractivity contribution < 1.29 is 14.4 Å². The van der Waals surface area contributed by atoms with Crippen molar-refractivity contribution in [1.29, 1.82) is 0 Å². The summed E-state index contributed by atoms with van der Waals surface area (Å²) in [5.41, 5.74) is 4.47. The van der Waals surface area contributed by atoms with Gasteiger partial charge in [-0.05, 0) is 66.9 Å². The van der Waals surface area contributed by atoms with Gasteiger partial charge < -0.3 is 5.32 Å². The van der Waals surface area contributed by atoms with Crippen LogP contribution in [0.3, 0.4) is 0 Å². The Balaban J connectivity index is 1.58. The summed E-state index contributed by atoms with van der Waals surface area (Å²) in [7, 11) is 0. The molecule has 3 amide bonds. The summed E-state index contributed by atoms with van der Waals surface area (Å²) in [6, 6.07) is 13.8. The molecule has 1 N–H and O–H groups in total. The van der Waals surface area contributed by atoms with Crippen LogP contribution >= 0.6 is 0 Å². The summed E-state index contributed by atoms with van der Waals surface area (Å²) in [5, 5.41) is 2.88. The SMILES string of the molecule is Cc1cccc(NC(=O)c2ccc3c(c2)C(=O)N(Cc2ccncc2)C3=O)c1C. The van der Waals surface area contributed by atoms with Gasteiger partial charge in [0.15, 0.2) is 0 Å². The summed E-state index contributed by atoms with van der Waals surface area (Å²) in [6.07, 6.45) is 3.23. The maximum Gasteiger partial charge on any atom is 0.261 e. The fraction of sp³-hybridized carbons (Fsp3) is 0.130. The van der Waals surface area contributed by atoms with E-state index in [1.807, 2.05) is 32.0 Å². The summed E-state index contributed by atoms with van der Waals surface area (Å²) >= 11 is 0. The van der Waals surface area contributed by atoms with Gasteiger partial charge in [-0.25, -0.2) is 0 Å². The minimum atomic E-state index is -0.400. The molecule has 144 valence electrons. The normalized spacial score (nSPS) is 12.8. The van der Waals surface area contributed by atoms with Crippen LogP contribution in [-0.4, -0.2) is 27.6 Å². The van der Waals surface area contributed by atoms with Gasteiger partial charge in [0.25, 0.3) is 17.7 Å². The number of aromatic nitrogens is 1. The Labute approximate surface area is 168 Å². The van der Waals surface area contributed by atoms with Gasteiger partial charge in [-0.15, -0.1) is 0 Å². The highest BCUT2D eigenvalue weighted by Gasteiger charge is 2.36. The topological polar surface area (TPSA) is 79.4 Å². The number of anilines is 1. The van der Waals surface area contributed by atoms with Crippen LogP contribution in [0.1, 0.15) is 47.8 Å². The zero-order valence-electron chi connectivity index (χ0n) is 16.1. The van der Waals surface area contributed by atoms with Gasteiger partial charge >= 0.3 is 0 Å². The summed E-state index contributed by atoms with van der Waals surface area (Å²) in [6.45, 7) is 4.08. The molecule has 29 heavy (non-hydrogen) atoms.